The number of hydrogen-bond acceptors (Lipinski definition) is 2. The van der Waals surface area contributed by atoms with E-state index in [1.165, 1.54) is 31.2 Å². The molecule has 0 radical (unpaired) electrons. The van der Waals surface area contributed by atoms with Gasteiger partial charge in [0, 0.05) is 11.9 Å². The summed E-state index contributed by atoms with van der Waals surface area (Å²) in [6.45, 7) is 1.96. The fourth-order valence-corrected chi connectivity index (χ4v) is 1.94. The average Bonchev–Trinajstić information content (AvgIpc) is 2.30. The normalized spacial score (nSPS) is 10.6. The molecule has 2 nitrogen and oxygen atoms in total. The zero-order valence-corrected chi connectivity index (χ0v) is 11.2. The standard InChI is InChI=1S/C13H20BrNO/c14-9-3-1-2-4-10-15-11-12-5-7-13(16)8-6-12/h5-8,15-16H,1-4,9-11H2. The number of unbranched alkanes of at least 4 members (excludes halogenated alkanes) is 3. The molecule has 1 aromatic rings. The number of phenolic OH excluding ortho intramolecular Hbond substituents is 1. The fourth-order valence-electron chi connectivity index (χ4n) is 1.54. The zero-order valence-electron chi connectivity index (χ0n) is 9.58. The van der Waals surface area contributed by atoms with Crippen LogP contribution in [-0.4, -0.2) is 17.0 Å². The van der Waals surface area contributed by atoms with Gasteiger partial charge in [0.15, 0.2) is 0 Å². The predicted octanol–water partition coefficient (Wildman–Crippen LogP) is 3.44. The van der Waals surface area contributed by atoms with E-state index < -0.39 is 0 Å². The van der Waals surface area contributed by atoms with E-state index in [2.05, 4.69) is 21.2 Å². The molecule has 16 heavy (non-hydrogen) atoms. The van der Waals surface area contributed by atoms with Crippen LogP contribution in [0.1, 0.15) is 31.2 Å². The predicted molar refractivity (Wildman–Crippen MR) is 72.1 cm³/mol. The minimum Gasteiger partial charge on any atom is -0.508 e. The molecule has 3 heteroatoms. The third-order valence-electron chi connectivity index (χ3n) is 2.50. The van der Waals surface area contributed by atoms with E-state index in [4.69, 9.17) is 5.11 Å². The van der Waals surface area contributed by atoms with Gasteiger partial charge >= 0.3 is 0 Å². The van der Waals surface area contributed by atoms with Crippen molar-refractivity contribution in [3.8, 4) is 5.75 Å². The molecule has 0 heterocycles. The largest absolute Gasteiger partial charge is 0.508 e. The van der Waals surface area contributed by atoms with E-state index in [0.29, 0.717) is 5.75 Å². The summed E-state index contributed by atoms with van der Waals surface area (Å²) in [5.41, 5.74) is 1.22. The Morgan fingerprint density at radius 3 is 2.38 bits per heavy atom. The van der Waals surface area contributed by atoms with Gasteiger partial charge in [0.2, 0.25) is 0 Å². The lowest BCUT2D eigenvalue weighted by atomic mass is 10.2. The first-order chi connectivity index (χ1) is 7.83. The van der Waals surface area contributed by atoms with Gasteiger partial charge in [-0.05, 0) is 37.1 Å². The lowest BCUT2D eigenvalue weighted by Crippen LogP contribution is -2.14. The smallest absolute Gasteiger partial charge is 0.115 e. The number of hydrogen-bond donors (Lipinski definition) is 2. The van der Waals surface area contributed by atoms with Crippen molar-refractivity contribution in [2.45, 2.75) is 32.2 Å². The molecule has 1 rings (SSSR count). The van der Waals surface area contributed by atoms with Crippen LogP contribution in [0.3, 0.4) is 0 Å². The first kappa shape index (κ1) is 13.5. The van der Waals surface area contributed by atoms with Crippen molar-refractivity contribution in [1.82, 2.24) is 5.32 Å². The summed E-state index contributed by atoms with van der Waals surface area (Å²) in [5.74, 6) is 0.332. The number of alkyl halides is 1. The minimum absolute atomic E-state index is 0.332. The quantitative estimate of drug-likeness (QED) is 0.567. The molecule has 1 aromatic carbocycles. The molecule has 0 fully saturated rings. The van der Waals surface area contributed by atoms with Gasteiger partial charge in [-0.3, -0.25) is 0 Å². The lowest BCUT2D eigenvalue weighted by Gasteiger charge is -2.04. The summed E-state index contributed by atoms with van der Waals surface area (Å²) in [7, 11) is 0. The summed E-state index contributed by atoms with van der Waals surface area (Å²) in [6, 6.07) is 7.36. The average molecular weight is 286 g/mol. The van der Waals surface area contributed by atoms with Gasteiger partial charge in [-0.1, -0.05) is 40.9 Å². The Morgan fingerprint density at radius 1 is 1.00 bits per heavy atom. The molecule has 0 spiro atoms. The Hall–Kier alpha value is -0.540. The van der Waals surface area contributed by atoms with Crippen LogP contribution in [-0.2, 0) is 6.54 Å². The van der Waals surface area contributed by atoms with E-state index in [1.54, 1.807) is 12.1 Å². The number of aromatic hydroxyl groups is 1. The number of phenols is 1. The van der Waals surface area contributed by atoms with Crippen molar-refractivity contribution in [2.24, 2.45) is 0 Å². The third-order valence-corrected chi connectivity index (χ3v) is 3.06. The van der Waals surface area contributed by atoms with Crippen LogP contribution in [0.25, 0.3) is 0 Å². The van der Waals surface area contributed by atoms with Crippen molar-refractivity contribution in [3.63, 3.8) is 0 Å². The Balaban J connectivity index is 2.01. The fraction of sp³-hybridized carbons (Fsp3) is 0.538. The maximum atomic E-state index is 9.12. The van der Waals surface area contributed by atoms with E-state index in [-0.39, 0.29) is 0 Å². The molecule has 2 N–H and O–H groups in total. The Morgan fingerprint density at radius 2 is 1.69 bits per heavy atom. The van der Waals surface area contributed by atoms with Crippen LogP contribution in [0, 0.1) is 0 Å². The molecule has 0 saturated heterocycles. The van der Waals surface area contributed by atoms with Crippen molar-refractivity contribution in [1.29, 1.82) is 0 Å². The highest BCUT2D eigenvalue weighted by Crippen LogP contribution is 2.09. The molecule has 0 bridgehead atoms. The van der Waals surface area contributed by atoms with Crippen molar-refractivity contribution < 1.29 is 5.11 Å². The van der Waals surface area contributed by atoms with E-state index in [0.717, 1.165) is 18.4 Å². The second-order valence-corrected chi connectivity index (χ2v) is 4.74. The number of rotatable bonds is 8. The molecular formula is C13H20BrNO. The van der Waals surface area contributed by atoms with Gasteiger partial charge in [-0.15, -0.1) is 0 Å². The number of nitrogens with one attached hydrogen (secondary N) is 1. The van der Waals surface area contributed by atoms with Crippen LogP contribution in [0.4, 0.5) is 0 Å². The van der Waals surface area contributed by atoms with E-state index >= 15 is 0 Å². The molecule has 0 aliphatic heterocycles. The second kappa shape index (κ2) is 8.59. The maximum absolute atomic E-state index is 9.12. The molecule has 90 valence electrons. The summed E-state index contributed by atoms with van der Waals surface area (Å²) in [4.78, 5) is 0. The van der Waals surface area contributed by atoms with Gasteiger partial charge < -0.3 is 10.4 Å². The van der Waals surface area contributed by atoms with Gasteiger partial charge in [0.05, 0.1) is 0 Å². The van der Waals surface area contributed by atoms with Crippen LogP contribution >= 0.6 is 15.9 Å². The SMILES string of the molecule is Oc1ccc(CNCCCCCCBr)cc1. The summed E-state index contributed by atoms with van der Waals surface area (Å²) in [5, 5.41) is 13.6. The van der Waals surface area contributed by atoms with Crippen molar-refractivity contribution in [3.05, 3.63) is 29.8 Å². The van der Waals surface area contributed by atoms with Crippen molar-refractivity contribution >= 4 is 15.9 Å². The van der Waals surface area contributed by atoms with Crippen LogP contribution in [0.15, 0.2) is 24.3 Å². The molecule has 0 amide bonds. The highest BCUT2D eigenvalue weighted by molar-refractivity contribution is 9.09. The summed E-state index contributed by atoms with van der Waals surface area (Å²) < 4.78 is 0. The number of benzene rings is 1. The van der Waals surface area contributed by atoms with Gasteiger partial charge in [-0.2, -0.15) is 0 Å². The van der Waals surface area contributed by atoms with Gasteiger partial charge in [0.1, 0.15) is 5.75 Å². The lowest BCUT2D eigenvalue weighted by molar-refractivity contribution is 0.475. The highest BCUT2D eigenvalue weighted by Gasteiger charge is 1.93. The van der Waals surface area contributed by atoms with Crippen molar-refractivity contribution in [2.75, 3.05) is 11.9 Å². The van der Waals surface area contributed by atoms with Gasteiger partial charge in [-0.25, -0.2) is 0 Å². The molecule has 0 unspecified atom stereocenters. The Kier molecular flexibility index (Phi) is 7.26. The molecule has 0 aromatic heterocycles. The van der Waals surface area contributed by atoms with Crippen LogP contribution in [0.5, 0.6) is 5.75 Å². The Bertz CT molecular complexity index is 274. The molecule has 0 aliphatic rings. The Labute approximate surface area is 106 Å². The first-order valence-corrected chi connectivity index (χ1v) is 6.99. The van der Waals surface area contributed by atoms with Gasteiger partial charge in [0.25, 0.3) is 0 Å². The van der Waals surface area contributed by atoms with E-state index in [1.807, 2.05) is 12.1 Å². The maximum Gasteiger partial charge on any atom is 0.115 e. The minimum atomic E-state index is 0.332. The van der Waals surface area contributed by atoms with Crippen LogP contribution < -0.4 is 5.32 Å². The molecule has 0 atom stereocenters. The molecule has 0 saturated carbocycles. The summed E-state index contributed by atoms with van der Waals surface area (Å²) in [6.07, 6.45) is 5.13. The third kappa shape index (κ3) is 6.13. The zero-order chi connectivity index (χ0) is 11.6. The highest BCUT2D eigenvalue weighted by atomic mass is 79.9. The first-order valence-electron chi connectivity index (χ1n) is 5.87. The summed E-state index contributed by atoms with van der Waals surface area (Å²) >= 11 is 3.43. The molecular weight excluding hydrogens is 266 g/mol. The van der Waals surface area contributed by atoms with E-state index in [9.17, 15) is 0 Å². The number of halogens is 1. The topological polar surface area (TPSA) is 32.3 Å². The van der Waals surface area contributed by atoms with Crippen LogP contribution in [0.2, 0.25) is 0 Å². The molecule has 0 aliphatic carbocycles. The second-order valence-electron chi connectivity index (χ2n) is 3.95. The monoisotopic (exact) mass is 285 g/mol.